The number of likely N-dealkylation sites (tertiary alicyclic amines) is 1. The Balaban J connectivity index is 1.70. The highest BCUT2D eigenvalue weighted by Gasteiger charge is 2.14. The van der Waals surface area contributed by atoms with Gasteiger partial charge >= 0.3 is 0 Å². The number of hydrogen-bond donors (Lipinski definition) is 1. The summed E-state index contributed by atoms with van der Waals surface area (Å²) >= 11 is 0. The first kappa shape index (κ1) is 13.3. The van der Waals surface area contributed by atoms with Crippen molar-refractivity contribution in [3.05, 3.63) is 29.6 Å². The molecule has 0 bridgehead atoms. The number of aromatic nitrogens is 2. The highest BCUT2D eigenvalue weighted by atomic mass is 16.1. The van der Waals surface area contributed by atoms with E-state index in [0.717, 1.165) is 48.5 Å². The molecule has 20 heavy (non-hydrogen) atoms. The van der Waals surface area contributed by atoms with Crippen LogP contribution < -0.4 is 0 Å². The maximum absolute atomic E-state index is 12.3. The summed E-state index contributed by atoms with van der Waals surface area (Å²) in [4.78, 5) is 22.4. The molecular weight excluding hydrogens is 250 g/mol. The zero-order valence-corrected chi connectivity index (χ0v) is 12.0. The fourth-order valence-electron chi connectivity index (χ4n) is 2.81. The second-order valence-electron chi connectivity index (χ2n) is 5.49. The van der Waals surface area contributed by atoms with Gasteiger partial charge in [-0.1, -0.05) is 6.92 Å². The summed E-state index contributed by atoms with van der Waals surface area (Å²) in [6.45, 7) is 5.25. The quantitative estimate of drug-likeness (QED) is 0.851. The van der Waals surface area contributed by atoms with Crippen LogP contribution in [0.4, 0.5) is 0 Å². The number of fused-ring (bicyclic) bond motifs is 1. The number of nitrogens with zero attached hydrogens (tertiary/aromatic N) is 2. The van der Waals surface area contributed by atoms with E-state index in [1.165, 1.54) is 12.8 Å². The Morgan fingerprint density at radius 3 is 2.90 bits per heavy atom. The van der Waals surface area contributed by atoms with E-state index in [-0.39, 0.29) is 5.78 Å². The lowest BCUT2D eigenvalue weighted by Gasteiger charge is -2.13. The van der Waals surface area contributed by atoms with E-state index in [2.05, 4.69) is 21.8 Å². The third kappa shape index (κ3) is 2.75. The number of hydrogen-bond acceptors (Lipinski definition) is 3. The summed E-state index contributed by atoms with van der Waals surface area (Å²) in [6, 6.07) is 5.77. The van der Waals surface area contributed by atoms with Gasteiger partial charge in [-0.2, -0.15) is 0 Å². The van der Waals surface area contributed by atoms with Crippen LogP contribution in [0.25, 0.3) is 11.0 Å². The van der Waals surface area contributed by atoms with Gasteiger partial charge in [0.1, 0.15) is 5.82 Å². The number of benzene rings is 1. The lowest BCUT2D eigenvalue weighted by atomic mass is 10.1. The molecular formula is C16H21N3O. The number of H-pyrrole nitrogens is 1. The minimum absolute atomic E-state index is 0.228. The van der Waals surface area contributed by atoms with Crippen molar-refractivity contribution in [2.45, 2.75) is 32.6 Å². The molecule has 0 unspecified atom stereocenters. The van der Waals surface area contributed by atoms with Crippen molar-refractivity contribution >= 4 is 16.8 Å². The van der Waals surface area contributed by atoms with E-state index < -0.39 is 0 Å². The number of aryl methyl sites for hydroxylation is 1. The molecule has 1 aromatic heterocycles. The number of nitrogens with one attached hydrogen (secondary N) is 1. The van der Waals surface area contributed by atoms with Crippen LogP contribution in [0.15, 0.2) is 18.2 Å². The SMILES string of the molecule is CCc1nc2ccc(C(=O)CCN3CCCC3)cc2[nH]1. The van der Waals surface area contributed by atoms with Crippen LogP contribution in [0, 0.1) is 0 Å². The molecule has 2 aromatic rings. The van der Waals surface area contributed by atoms with Gasteiger partial charge in [0, 0.05) is 24.9 Å². The lowest BCUT2D eigenvalue weighted by molar-refractivity contribution is 0.0969. The molecule has 0 spiro atoms. The molecule has 0 atom stereocenters. The van der Waals surface area contributed by atoms with Gasteiger partial charge < -0.3 is 9.88 Å². The third-order valence-corrected chi connectivity index (χ3v) is 4.04. The Morgan fingerprint density at radius 2 is 2.15 bits per heavy atom. The normalized spacial score (nSPS) is 16.1. The minimum atomic E-state index is 0.228. The standard InChI is InChI=1S/C16H21N3O/c1-2-16-17-13-6-5-12(11-14(13)18-16)15(20)7-10-19-8-3-4-9-19/h5-6,11H,2-4,7-10H2,1H3,(H,17,18). The highest BCUT2D eigenvalue weighted by Crippen LogP contribution is 2.16. The Hall–Kier alpha value is -1.68. The topological polar surface area (TPSA) is 49.0 Å². The Bertz CT molecular complexity index is 611. The van der Waals surface area contributed by atoms with Crippen LogP contribution in [-0.2, 0) is 6.42 Å². The summed E-state index contributed by atoms with van der Waals surface area (Å²) in [5, 5.41) is 0. The highest BCUT2D eigenvalue weighted by molar-refractivity contribution is 5.99. The zero-order valence-electron chi connectivity index (χ0n) is 12.0. The van der Waals surface area contributed by atoms with E-state index in [1.54, 1.807) is 0 Å². The molecule has 1 aliphatic rings. The monoisotopic (exact) mass is 271 g/mol. The predicted molar refractivity (Wildman–Crippen MR) is 80.1 cm³/mol. The summed E-state index contributed by atoms with van der Waals surface area (Å²) in [7, 11) is 0. The molecule has 0 aliphatic carbocycles. The smallest absolute Gasteiger partial charge is 0.164 e. The number of Topliss-reactive ketones (excluding diaryl/α,β-unsaturated/α-hetero) is 1. The molecule has 1 saturated heterocycles. The first-order valence-corrected chi connectivity index (χ1v) is 7.50. The maximum atomic E-state index is 12.3. The number of aromatic amines is 1. The molecule has 4 nitrogen and oxygen atoms in total. The minimum Gasteiger partial charge on any atom is -0.342 e. The number of carbonyl (C=O) groups excluding carboxylic acids is 1. The van der Waals surface area contributed by atoms with Crippen molar-refractivity contribution in [2.24, 2.45) is 0 Å². The second kappa shape index (κ2) is 5.75. The van der Waals surface area contributed by atoms with Gasteiger partial charge in [-0.25, -0.2) is 4.98 Å². The van der Waals surface area contributed by atoms with Gasteiger partial charge in [-0.15, -0.1) is 0 Å². The zero-order chi connectivity index (χ0) is 13.9. The summed E-state index contributed by atoms with van der Waals surface area (Å²) < 4.78 is 0. The Labute approximate surface area is 119 Å². The molecule has 1 fully saturated rings. The van der Waals surface area contributed by atoms with Crippen LogP contribution >= 0.6 is 0 Å². The van der Waals surface area contributed by atoms with Crippen molar-refractivity contribution < 1.29 is 4.79 Å². The molecule has 1 aliphatic heterocycles. The van der Waals surface area contributed by atoms with Gasteiger partial charge in [0.25, 0.3) is 0 Å². The van der Waals surface area contributed by atoms with Crippen LogP contribution in [0.3, 0.4) is 0 Å². The van der Waals surface area contributed by atoms with Gasteiger partial charge in [0.05, 0.1) is 11.0 Å². The van der Waals surface area contributed by atoms with Crippen molar-refractivity contribution in [3.8, 4) is 0 Å². The number of ketones is 1. The molecule has 0 saturated carbocycles. The summed E-state index contributed by atoms with van der Waals surface area (Å²) in [5.41, 5.74) is 2.70. The average molecular weight is 271 g/mol. The van der Waals surface area contributed by atoms with E-state index >= 15 is 0 Å². The van der Waals surface area contributed by atoms with Crippen LogP contribution in [0.2, 0.25) is 0 Å². The first-order chi connectivity index (χ1) is 9.76. The predicted octanol–water partition coefficient (Wildman–Crippen LogP) is 2.79. The summed E-state index contributed by atoms with van der Waals surface area (Å²) in [5.74, 6) is 1.20. The largest absolute Gasteiger partial charge is 0.342 e. The number of carbonyl (C=O) groups is 1. The van der Waals surface area contributed by atoms with Crippen molar-refractivity contribution in [1.82, 2.24) is 14.9 Å². The van der Waals surface area contributed by atoms with E-state index in [4.69, 9.17) is 0 Å². The van der Waals surface area contributed by atoms with Gasteiger partial charge in [-0.05, 0) is 44.1 Å². The van der Waals surface area contributed by atoms with Crippen molar-refractivity contribution in [3.63, 3.8) is 0 Å². The fraction of sp³-hybridized carbons (Fsp3) is 0.500. The number of rotatable bonds is 5. The molecule has 2 heterocycles. The molecule has 4 heteroatoms. The molecule has 1 aromatic carbocycles. The van der Waals surface area contributed by atoms with Crippen LogP contribution in [-0.4, -0.2) is 40.3 Å². The van der Waals surface area contributed by atoms with E-state index in [9.17, 15) is 4.79 Å². The molecule has 1 N–H and O–H groups in total. The number of imidazole rings is 1. The van der Waals surface area contributed by atoms with E-state index in [1.807, 2.05) is 18.2 Å². The van der Waals surface area contributed by atoms with Gasteiger partial charge in [-0.3, -0.25) is 4.79 Å². The maximum Gasteiger partial charge on any atom is 0.164 e. The lowest BCUT2D eigenvalue weighted by Crippen LogP contribution is -2.22. The van der Waals surface area contributed by atoms with Crippen LogP contribution in [0.1, 0.15) is 42.4 Å². The second-order valence-corrected chi connectivity index (χ2v) is 5.49. The van der Waals surface area contributed by atoms with Crippen LogP contribution in [0.5, 0.6) is 0 Å². The van der Waals surface area contributed by atoms with Crippen molar-refractivity contribution in [1.29, 1.82) is 0 Å². The van der Waals surface area contributed by atoms with Crippen molar-refractivity contribution in [2.75, 3.05) is 19.6 Å². The average Bonchev–Trinajstić information content (AvgIpc) is 3.12. The van der Waals surface area contributed by atoms with Gasteiger partial charge in [0.15, 0.2) is 5.78 Å². The molecule has 106 valence electrons. The fourth-order valence-corrected chi connectivity index (χ4v) is 2.81. The molecule has 0 radical (unpaired) electrons. The third-order valence-electron chi connectivity index (χ3n) is 4.04. The molecule has 0 amide bonds. The Kier molecular flexibility index (Phi) is 3.83. The first-order valence-electron chi connectivity index (χ1n) is 7.50. The summed E-state index contributed by atoms with van der Waals surface area (Å²) in [6.07, 6.45) is 4.04. The van der Waals surface area contributed by atoms with Gasteiger partial charge in [0.2, 0.25) is 0 Å². The van der Waals surface area contributed by atoms with E-state index in [0.29, 0.717) is 6.42 Å². The molecule has 3 rings (SSSR count). The Morgan fingerprint density at radius 1 is 1.35 bits per heavy atom.